The quantitative estimate of drug-likeness (QED) is 0.495. The van der Waals surface area contributed by atoms with Crippen LogP contribution in [0.5, 0.6) is 0 Å². The third-order valence-corrected chi connectivity index (χ3v) is 3.71. The third kappa shape index (κ3) is 2.24. The molecular formula is C14H12ClNO6. The van der Waals surface area contributed by atoms with Crippen molar-refractivity contribution in [2.24, 2.45) is 0 Å². The summed E-state index contributed by atoms with van der Waals surface area (Å²) in [5.41, 5.74) is -2.41. The van der Waals surface area contributed by atoms with Crippen molar-refractivity contribution in [3.63, 3.8) is 0 Å². The van der Waals surface area contributed by atoms with Crippen LogP contribution in [0.4, 0.5) is 0 Å². The van der Waals surface area contributed by atoms with Gasteiger partial charge in [0, 0.05) is 9.95 Å². The Bertz CT molecular complexity index is 698. The number of hydrogen-bond acceptors (Lipinski definition) is 6. The van der Waals surface area contributed by atoms with Gasteiger partial charge in [0.2, 0.25) is 6.29 Å². The van der Waals surface area contributed by atoms with Crippen LogP contribution in [0.25, 0.3) is 5.57 Å². The molecule has 0 spiro atoms. The van der Waals surface area contributed by atoms with E-state index in [1.165, 1.54) is 19.2 Å². The standard InChI is InChI=1S/C14H12ClNO6/c1-22-11-6-10(8-3-2-4-9(15)5-8)14(7-17,16(20)21)13(19)12(11)18/h2-7,13,18-19H,1H3. The summed E-state index contributed by atoms with van der Waals surface area (Å²) in [6, 6.07) is 6.02. The highest BCUT2D eigenvalue weighted by atomic mass is 35.5. The fourth-order valence-electron chi connectivity index (χ4n) is 2.31. The molecule has 1 aliphatic carbocycles. The number of methoxy groups -OCH3 is 1. The van der Waals surface area contributed by atoms with E-state index in [9.17, 15) is 25.1 Å². The molecule has 0 radical (unpaired) electrons. The summed E-state index contributed by atoms with van der Waals surface area (Å²) in [6.45, 7) is 0. The Morgan fingerprint density at radius 3 is 2.68 bits per heavy atom. The van der Waals surface area contributed by atoms with Crippen LogP contribution in [0.3, 0.4) is 0 Å². The lowest BCUT2D eigenvalue weighted by molar-refractivity contribution is -0.543. The SMILES string of the molecule is COC1=C(O)C(O)C(C=O)([N+](=O)[O-])C(c2cccc(Cl)c2)=C1. The summed E-state index contributed by atoms with van der Waals surface area (Å²) < 4.78 is 4.90. The number of carbonyl (C=O) groups excluding carboxylic acids is 1. The van der Waals surface area contributed by atoms with Gasteiger partial charge in [-0.25, -0.2) is 0 Å². The Balaban J connectivity index is 2.78. The number of halogens is 1. The van der Waals surface area contributed by atoms with Crippen molar-refractivity contribution in [3.8, 4) is 0 Å². The molecule has 1 aliphatic rings. The van der Waals surface area contributed by atoms with Gasteiger partial charge in [0.05, 0.1) is 12.7 Å². The van der Waals surface area contributed by atoms with E-state index in [4.69, 9.17) is 16.3 Å². The van der Waals surface area contributed by atoms with Crippen molar-refractivity contribution in [1.29, 1.82) is 0 Å². The molecule has 0 amide bonds. The monoisotopic (exact) mass is 325 g/mol. The van der Waals surface area contributed by atoms with E-state index in [1.807, 2.05) is 0 Å². The summed E-state index contributed by atoms with van der Waals surface area (Å²) >= 11 is 5.87. The van der Waals surface area contributed by atoms with Gasteiger partial charge in [0.15, 0.2) is 17.6 Å². The highest BCUT2D eigenvalue weighted by molar-refractivity contribution is 6.30. The predicted molar refractivity (Wildman–Crippen MR) is 77.9 cm³/mol. The molecule has 2 N–H and O–H groups in total. The number of nitro groups is 1. The number of ether oxygens (including phenoxy) is 1. The number of rotatable bonds is 4. The zero-order chi connectivity index (χ0) is 16.5. The molecule has 22 heavy (non-hydrogen) atoms. The van der Waals surface area contributed by atoms with Crippen molar-refractivity contribution < 1.29 is 24.7 Å². The lowest BCUT2D eigenvalue weighted by Crippen LogP contribution is -2.54. The van der Waals surface area contributed by atoms with Gasteiger partial charge in [-0.1, -0.05) is 23.7 Å². The lowest BCUT2D eigenvalue weighted by atomic mass is 9.77. The van der Waals surface area contributed by atoms with Gasteiger partial charge < -0.3 is 14.9 Å². The molecule has 0 aliphatic heterocycles. The lowest BCUT2D eigenvalue weighted by Gasteiger charge is -2.31. The van der Waals surface area contributed by atoms with E-state index in [2.05, 4.69) is 0 Å². The minimum absolute atomic E-state index is 0.00688. The minimum Gasteiger partial charge on any atom is -0.506 e. The molecule has 0 aromatic heterocycles. The molecule has 2 rings (SSSR count). The smallest absolute Gasteiger partial charge is 0.334 e. The first kappa shape index (κ1) is 16.0. The Morgan fingerprint density at radius 1 is 1.50 bits per heavy atom. The van der Waals surface area contributed by atoms with Crippen LogP contribution in [0.2, 0.25) is 5.02 Å². The second kappa shape index (κ2) is 5.78. The van der Waals surface area contributed by atoms with Gasteiger partial charge in [0.1, 0.15) is 0 Å². The number of aliphatic hydroxyl groups excluding tert-OH is 2. The summed E-state index contributed by atoms with van der Waals surface area (Å²) in [4.78, 5) is 22.0. The zero-order valence-corrected chi connectivity index (χ0v) is 12.1. The Kier molecular flexibility index (Phi) is 4.20. The Labute approximate surface area is 130 Å². The number of carbonyl (C=O) groups is 1. The van der Waals surface area contributed by atoms with Crippen molar-refractivity contribution in [2.75, 3.05) is 7.11 Å². The maximum Gasteiger partial charge on any atom is 0.334 e. The van der Waals surface area contributed by atoms with Gasteiger partial charge in [-0.05, 0) is 23.8 Å². The van der Waals surface area contributed by atoms with Crippen LogP contribution in [0, 0.1) is 10.1 Å². The first-order valence-electron chi connectivity index (χ1n) is 6.12. The van der Waals surface area contributed by atoms with Crippen molar-refractivity contribution in [1.82, 2.24) is 0 Å². The second-order valence-corrected chi connectivity index (χ2v) is 5.06. The Hall–Kier alpha value is -2.38. The summed E-state index contributed by atoms with van der Waals surface area (Å²) in [5.74, 6) is -0.945. The topological polar surface area (TPSA) is 110 Å². The highest BCUT2D eigenvalue weighted by Crippen LogP contribution is 2.40. The van der Waals surface area contributed by atoms with Crippen molar-refractivity contribution in [3.05, 3.63) is 62.6 Å². The number of allylic oxidation sites excluding steroid dienone is 1. The molecule has 2 atom stereocenters. The molecule has 2 unspecified atom stereocenters. The van der Waals surface area contributed by atoms with Gasteiger partial charge in [-0.2, -0.15) is 0 Å². The fourth-order valence-corrected chi connectivity index (χ4v) is 2.50. The predicted octanol–water partition coefficient (Wildman–Crippen LogP) is 1.73. The first-order valence-corrected chi connectivity index (χ1v) is 6.50. The minimum atomic E-state index is -2.54. The van der Waals surface area contributed by atoms with E-state index in [-0.39, 0.29) is 23.2 Å². The molecule has 1 aromatic carbocycles. The highest BCUT2D eigenvalue weighted by Gasteiger charge is 2.59. The van der Waals surface area contributed by atoms with Crippen molar-refractivity contribution in [2.45, 2.75) is 11.6 Å². The molecule has 0 heterocycles. The normalized spacial score (nSPS) is 24.7. The van der Waals surface area contributed by atoms with E-state index in [0.717, 1.165) is 6.08 Å². The third-order valence-electron chi connectivity index (χ3n) is 3.47. The van der Waals surface area contributed by atoms with Gasteiger partial charge in [-0.3, -0.25) is 14.9 Å². The fraction of sp³-hybridized carbons (Fsp3) is 0.214. The summed E-state index contributed by atoms with van der Waals surface area (Å²) in [5, 5.41) is 31.8. The van der Waals surface area contributed by atoms with Gasteiger partial charge in [-0.15, -0.1) is 0 Å². The molecule has 7 nitrogen and oxygen atoms in total. The van der Waals surface area contributed by atoms with Crippen molar-refractivity contribution >= 4 is 23.5 Å². The second-order valence-electron chi connectivity index (χ2n) is 4.62. The number of nitrogens with zero attached hydrogens (tertiary/aromatic N) is 1. The molecule has 8 heteroatoms. The van der Waals surface area contributed by atoms with Crippen LogP contribution >= 0.6 is 11.6 Å². The van der Waals surface area contributed by atoms with E-state index in [0.29, 0.717) is 5.02 Å². The Morgan fingerprint density at radius 2 is 2.18 bits per heavy atom. The maximum atomic E-state index is 11.5. The summed E-state index contributed by atoms with van der Waals surface area (Å²) in [7, 11) is 1.23. The number of hydrogen-bond donors (Lipinski definition) is 2. The molecule has 0 fully saturated rings. The summed E-state index contributed by atoms with van der Waals surface area (Å²) in [6.07, 6.45) is -0.938. The average Bonchev–Trinajstić information content (AvgIpc) is 2.49. The van der Waals surface area contributed by atoms with Crippen LogP contribution in [0.15, 0.2) is 41.9 Å². The maximum absolute atomic E-state index is 11.5. The van der Waals surface area contributed by atoms with E-state index in [1.54, 1.807) is 12.1 Å². The average molecular weight is 326 g/mol. The van der Waals surface area contributed by atoms with Crippen LogP contribution in [-0.4, -0.2) is 40.2 Å². The van der Waals surface area contributed by atoms with Gasteiger partial charge >= 0.3 is 5.54 Å². The largest absolute Gasteiger partial charge is 0.506 e. The van der Waals surface area contributed by atoms with E-state index >= 15 is 0 Å². The number of aliphatic hydroxyl groups is 2. The van der Waals surface area contributed by atoms with E-state index < -0.39 is 22.3 Å². The number of aldehydes is 1. The van der Waals surface area contributed by atoms with Gasteiger partial charge in [0.25, 0.3) is 0 Å². The molecular weight excluding hydrogens is 314 g/mol. The first-order chi connectivity index (χ1) is 10.4. The van der Waals surface area contributed by atoms with Crippen LogP contribution in [-0.2, 0) is 9.53 Å². The molecule has 0 saturated heterocycles. The molecule has 1 aromatic rings. The number of benzene rings is 1. The molecule has 0 saturated carbocycles. The zero-order valence-electron chi connectivity index (χ0n) is 11.4. The molecule has 0 bridgehead atoms. The van der Waals surface area contributed by atoms with Crippen LogP contribution in [0.1, 0.15) is 5.56 Å². The van der Waals surface area contributed by atoms with Crippen LogP contribution < -0.4 is 0 Å². The molecule has 116 valence electrons.